The van der Waals surface area contributed by atoms with Gasteiger partial charge in [-0.1, -0.05) is 0 Å². The summed E-state index contributed by atoms with van der Waals surface area (Å²) in [5.41, 5.74) is 5.76. The lowest BCUT2D eigenvalue weighted by Crippen LogP contribution is -2.41. The molecular weight excluding hydrogens is 334 g/mol. The lowest BCUT2D eigenvalue weighted by molar-refractivity contribution is 0.0730. The summed E-state index contributed by atoms with van der Waals surface area (Å²) in [7, 11) is -3.87. The number of morpholine rings is 1. The lowest BCUT2D eigenvalue weighted by atomic mass is 10.2. The van der Waals surface area contributed by atoms with E-state index in [1.165, 1.54) is 4.31 Å². The second-order valence-corrected chi connectivity index (χ2v) is 7.23. The van der Waals surface area contributed by atoms with Crippen LogP contribution in [0.4, 0.5) is 0 Å². The van der Waals surface area contributed by atoms with Crippen LogP contribution < -0.4 is 10.5 Å². The maximum Gasteiger partial charge on any atom is 0.266 e. The molecule has 130 valence electrons. The van der Waals surface area contributed by atoms with Crippen molar-refractivity contribution in [2.75, 3.05) is 32.9 Å². The number of carbonyl (C=O) groups is 1. The van der Waals surface area contributed by atoms with Crippen LogP contribution >= 0.6 is 0 Å². The predicted octanol–water partition coefficient (Wildman–Crippen LogP) is 0.686. The standard InChI is InChI=1S/C15H19N3O5S/c1-2-23-10-3-4-11-12(9-10)17-13(15(16)19)14(11)24(20,21)18-5-7-22-8-6-18/h3-4,9,17H,2,5-8H2,1H3,(H2,16,19). The highest BCUT2D eigenvalue weighted by Gasteiger charge is 2.33. The Morgan fingerprint density at radius 1 is 1.38 bits per heavy atom. The van der Waals surface area contributed by atoms with Crippen molar-refractivity contribution < 1.29 is 22.7 Å². The summed E-state index contributed by atoms with van der Waals surface area (Å²) >= 11 is 0. The molecule has 8 nitrogen and oxygen atoms in total. The molecule has 24 heavy (non-hydrogen) atoms. The monoisotopic (exact) mass is 353 g/mol. The average molecular weight is 353 g/mol. The number of carbonyl (C=O) groups excluding carboxylic acids is 1. The van der Waals surface area contributed by atoms with E-state index < -0.39 is 15.9 Å². The number of aromatic amines is 1. The minimum absolute atomic E-state index is 0.0880. The summed E-state index contributed by atoms with van der Waals surface area (Å²) in [6.45, 7) is 3.45. The molecule has 3 N–H and O–H groups in total. The van der Waals surface area contributed by atoms with Crippen molar-refractivity contribution >= 4 is 26.8 Å². The van der Waals surface area contributed by atoms with Crippen molar-refractivity contribution in [1.82, 2.24) is 9.29 Å². The van der Waals surface area contributed by atoms with E-state index in [0.29, 0.717) is 36.5 Å². The Kier molecular flexibility index (Phi) is 4.48. The van der Waals surface area contributed by atoms with Gasteiger partial charge in [-0.25, -0.2) is 8.42 Å². The maximum absolute atomic E-state index is 13.0. The summed E-state index contributed by atoms with van der Waals surface area (Å²) in [4.78, 5) is 14.5. The minimum atomic E-state index is -3.87. The second kappa shape index (κ2) is 6.42. The summed E-state index contributed by atoms with van der Waals surface area (Å²) in [5.74, 6) is -0.242. The van der Waals surface area contributed by atoms with Gasteiger partial charge >= 0.3 is 0 Å². The van der Waals surface area contributed by atoms with Gasteiger partial charge in [0.2, 0.25) is 10.0 Å². The number of nitrogens with zero attached hydrogens (tertiary/aromatic N) is 1. The number of hydrogen-bond donors (Lipinski definition) is 2. The van der Waals surface area contributed by atoms with Gasteiger partial charge in [-0.15, -0.1) is 0 Å². The molecule has 2 aromatic rings. The van der Waals surface area contributed by atoms with Gasteiger partial charge in [-0.05, 0) is 19.1 Å². The first-order chi connectivity index (χ1) is 11.4. The molecule has 3 rings (SSSR count). The molecule has 0 unspecified atom stereocenters. The van der Waals surface area contributed by atoms with Gasteiger partial charge in [0.25, 0.3) is 5.91 Å². The first-order valence-corrected chi connectivity index (χ1v) is 9.05. The number of benzene rings is 1. The number of sulfonamides is 1. The van der Waals surface area contributed by atoms with E-state index in [1.54, 1.807) is 18.2 Å². The SMILES string of the molecule is CCOc1ccc2c(S(=O)(=O)N3CCOCC3)c(C(N)=O)[nH]c2c1. The summed E-state index contributed by atoms with van der Waals surface area (Å²) in [6, 6.07) is 4.95. The van der Waals surface area contributed by atoms with E-state index in [0.717, 1.165) is 0 Å². The van der Waals surface area contributed by atoms with Gasteiger partial charge in [0.15, 0.2) is 0 Å². The zero-order valence-corrected chi connectivity index (χ0v) is 14.1. The van der Waals surface area contributed by atoms with Gasteiger partial charge in [0.05, 0.1) is 25.3 Å². The highest BCUT2D eigenvalue weighted by Crippen LogP contribution is 2.32. The summed E-state index contributed by atoms with van der Waals surface area (Å²) in [5, 5.41) is 0.416. The van der Waals surface area contributed by atoms with Crippen LogP contribution in [0.3, 0.4) is 0 Å². The molecule has 0 atom stereocenters. The lowest BCUT2D eigenvalue weighted by Gasteiger charge is -2.26. The van der Waals surface area contributed by atoms with Gasteiger partial charge in [0, 0.05) is 24.5 Å². The second-order valence-electron chi connectivity index (χ2n) is 5.35. The molecule has 1 aromatic heterocycles. The molecule has 0 bridgehead atoms. The zero-order valence-electron chi connectivity index (χ0n) is 13.2. The molecule has 1 aromatic carbocycles. The number of nitrogens with two attached hydrogens (primary N) is 1. The van der Waals surface area contributed by atoms with Crippen LogP contribution in [0.5, 0.6) is 5.75 Å². The van der Waals surface area contributed by atoms with Crippen molar-refractivity contribution in [1.29, 1.82) is 0 Å². The van der Waals surface area contributed by atoms with Crippen molar-refractivity contribution in [2.24, 2.45) is 5.73 Å². The fourth-order valence-electron chi connectivity index (χ4n) is 2.76. The van der Waals surface area contributed by atoms with Gasteiger partial charge in [0.1, 0.15) is 16.3 Å². The number of nitrogens with one attached hydrogen (secondary N) is 1. The predicted molar refractivity (Wildman–Crippen MR) is 87.6 cm³/mol. The number of H-pyrrole nitrogens is 1. The number of aromatic nitrogens is 1. The van der Waals surface area contributed by atoms with E-state index in [4.69, 9.17) is 15.2 Å². The summed E-state index contributed by atoms with van der Waals surface area (Å²) in [6.07, 6.45) is 0. The Hall–Kier alpha value is -2.10. The Labute approximate surface area is 139 Å². The smallest absolute Gasteiger partial charge is 0.266 e. The van der Waals surface area contributed by atoms with Gasteiger partial charge in [-0.3, -0.25) is 4.79 Å². The molecule has 2 heterocycles. The van der Waals surface area contributed by atoms with Crippen LogP contribution in [-0.4, -0.2) is 56.5 Å². The third-order valence-electron chi connectivity index (χ3n) is 3.85. The van der Waals surface area contributed by atoms with Gasteiger partial charge < -0.3 is 20.2 Å². The molecule has 0 radical (unpaired) electrons. The van der Waals surface area contributed by atoms with Crippen molar-refractivity contribution in [3.63, 3.8) is 0 Å². The van der Waals surface area contributed by atoms with Crippen LogP contribution in [0.25, 0.3) is 10.9 Å². The Morgan fingerprint density at radius 3 is 2.71 bits per heavy atom. The van der Waals surface area contributed by atoms with E-state index in [-0.39, 0.29) is 23.7 Å². The highest BCUT2D eigenvalue weighted by molar-refractivity contribution is 7.89. The molecule has 1 amide bonds. The van der Waals surface area contributed by atoms with Crippen molar-refractivity contribution in [3.05, 3.63) is 23.9 Å². The molecular formula is C15H19N3O5S. The largest absolute Gasteiger partial charge is 0.494 e. The maximum atomic E-state index is 13.0. The molecule has 1 fully saturated rings. The zero-order chi connectivity index (χ0) is 17.3. The van der Waals surface area contributed by atoms with Crippen LogP contribution in [-0.2, 0) is 14.8 Å². The van der Waals surface area contributed by atoms with E-state index >= 15 is 0 Å². The number of rotatable bonds is 5. The molecule has 0 spiro atoms. The van der Waals surface area contributed by atoms with Crippen molar-refractivity contribution in [2.45, 2.75) is 11.8 Å². The van der Waals surface area contributed by atoms with Crippen LogP contribution in [0.2, 0.25) is 0 Å². The quantitative estimate of drug-likeness (QED) is 0.820. The average Bonchev–Trinajstić information content (AvgIpc) is 2.96. The Bertz CT molecular complexity index is 869. The number of ether oxygens (including phenoxy) is 2. The number of fused-ring (bicyclic) bond motifs is 1. The Balaban J connectivity index is 2.17. The number of primary amides is 1. The van der Waals surface area contributed by atoms with Crippen molar-refractivity contribution in [3.8, 4) is 5.75 Å². The highest BCUT2D eigenvalue weighted by atomic mass is 32.2. The number of amides is 1. The third kappa shape index (κ3) is 2.85. The van der Waals surface area contributed by atoms with E-state index in [9.17, 15) is 13.2 Å². The van der Waals surface area contributed by atoms with E-state index in [1.807, 2.05) is 6.92 Å². The third-order valence-corrected chi connectivity index (χ3v) is 5.83. The molecule has 9 heteroatoms. The normalized spacial score (nSPS) is 16.4. The topological polar surface area (TPSA) is 115 Å². The molecule has 0 saturated carbocycles. The van der Waals surface area contributed by atoms with Crippen LogP contribution in [0.15, 0.2) is 23.1 Å². The molecule has 1 aliphatic heterocycles. The summed E-state index contributed by atoms with van der Waals surface area (Å²) < 4.78 is 37.9. The molecule has 0 aliphatic carbocycles. The molecule has 1 saturated heterocycles. The number of hydrogen-bond acceptors (Lipinski definition) is 5. The van der Waals surface area contributed by atoms with Gasteiger partial charge in [-0.2, -0.15) is 4.31 Å². The Morgan fingerprint density at radius 2 is 2.08 bits per heavy atom. The first kappa shape index (κ1) is 16.7. The fourth-order valence-corrected chi connectivity index (χ4v) is 4.52. The van der Waals surface area contributed by atoms with Crippen LogP contribution in [0, 0.1) is 0 Å². The minimum Gasteiger partial charge on any atom is -0.494 e. The first-order valence-electron chi connectivity index (χ1n) is 7.61. The van der Waals surface area contributed by atoms with Crippen LogP contribution in [0.1, 0.15) is 17.4 Å². The molecule has 1 aliphatic rings. The fraction of sp³-hybridized carbons (Fsp3) is 0.400. The van der Waals surface area contributed by atoms with E-state index in [2.05, 4.69) is 4.98 Å².